The highest BCUT2D eigenvalue weighted by atomic mass is 19.1. The number of rotatable bonds is 23. The number of hydrogen-bond acceptors (Lipinski definition) is 10. The molecule has 0 aromatic heterocycles. The fourth-order valence-electron chi connectivity index (χ4n) is 9.42. The van der Waals surface area contributed by atoms with E-state index in [0.717, 1.165) is 11.1 Å². The SMILES string of the molecule is CN[C@@H](C)C(=O)N[C@H](C(=O)N1CCC[C@H]1CN(CCc1ccc(F)cc1)C(=O)CNC(=O)c1ccc(C(=O)NCC(=O)N(CCc2ccc(F)cc2)C[C@@H]2CCCN2C(=O)[C@@H](NC(=O)[C@H](C)N)C(C)(C)C)cc1)C(C)(C)C. The van der Waals surface area contributed by atoms with Gasteiger partial charge in [0.15, 0.2) is 0 Å². The molecule has 8 amide bonds. The first-order chi connectivity index (χ1) is 36.3. The van der Waals surface area contributed by atoms with Crippen LogP contribution in [0.1, 0.15) is 113 Å². The van der Waals surface area contributed by atoms with Crippen molar-refractivity contribution in [2.75, 3.05) is 59.4 Å². The lowest BCUT2D eigenvalue weighted by molar-refractivity contribution is -0.142. The zero-order valence-corrected chi connectivity index (χ0v) is 46.2. The van der Waals surface area contributed by atoms with Gasteiger partial charge in [0.2, 0.25) is 35.4 Å². The molecule has 0 unspecified atom stereocenters. The van der Waals surface area contributed by atoms with E-state index in [0.29, 0.717) is 51.6 Å². The minimum Gasteiger partial charge on any atom is -0.343 e. The zero-order chi connectivity index (χ0) is 56.8. The predicted octanol–water partition coefficient (Wildman–Crippen LogP) is 3.57. The number of likely N-dealkylation sites (tertiary alicyclic amines) is 2. The first kappa shape index (κ1) is 61.1. The van der Waals surface area contributed by atoms with Crippen LogP contribution in [0.2, 0.25) is 0 Å². The zero-order valence-electron chi connectivity index (χ0n) is 46.2. The summed E-state index contributed by atoms with van der Waals surface area (Å²) < 4.78 is 27.5. The number of benzene rings is 3. The molecule has 77 heavy (non-hydrogen) atoms. The van der Waals surface area contributed by atoms with E-state index in [1.165, 1.54) is 55.5 Å². The van der Waals surface area contributed by atoms with Gasteiger partial charge in [0.05, 0.1) is 25.2 Å². The van der Waals surface area contributed by atoms with Crippen molar-refractivity contribution in [3.63, 3.8) is 0 Å². The van der Waals surface area contributed by atoms with Crippen molar-refractivity contribution in [1.82, 2.24) is 46.2 Å². The van der Waals surface area contributed by atoms with Crippen LogP contribution in [0.4, 0.5) is 8.78 Å². The van der Waals surface area contributed by atoms with Crippen LogP contribution in [0.3, 0.4) is 0 Å². The third kappa shape index (κ3) is 17.6. The third-order valence-electron chi connectivity index (χ3n) is 14.3. The molecule has 6 atom stereocenters. The van der Waals surface area contributed by atoms with Gasteiger partial charge in [0.1, 0.15) is 23.7 Å². The van der Waals surface area contributed by atoms with Crippen LogP contribution in [-0.2, 0) is 41.6 Å². The van der Waals surface area contributed by atoms with E-state index in [1.54, 1.807) is 57.8 Å². The standard InChI is InChI=1S/C57H80F2N10O8/c1-36(60)50(72)64-48(56(3,4)5)54(76)68-28-10-12-44(68)34-66(30-26-38-14-22-42(58)23-15-38)46(70)32-62-52(74)40-18-20-41(21-19-40)53(75)63-33-47(71)67(31-27-39-16-24-43(59)25-17-39)35-45-13-11-29-69(45)55(77)49(57(6,7)8)65-51(73)37(2)61-9/h14-25,36-37,44-45,48-49,61H,10-13,26-35,60H2,1-9H3,(H,62,74)(H,63,75)(H,64,72)(H,65,73)/t36-,37-,44-,45-,48+,49+/m0/s1. The molecule has 0 saturated carbocycles. The molecular formula is C57H80F2N10O8. The van der Waals surface area contributed by atoms with Gasteiger partial charge in [-0.1, -0.05) is 65.8 Å². The van der Waals surface area contributed by atoms with Crippen LogP contribution in [0.25, 0.3) is 0 Å². The molecule has 2 saturated heterocycles. The molecule has 420 valence electrons. The average molecular weight is 1070 g/mol. The van der Waals surface area contributed by atoms with Crippen molar-refractivity contribution >= 4 is 47.3 Å². The quantitative estimate of drug-likeness (QED) is 0.0808. The van der Waals surface area contributed by atoms with Crippen LogP contribution in [-0.4, -0.2) is 163 Å². The second kappa shape index (κ2) is 27.5. The maximum absolute atomic E-state index is 14.2. The molecule has 2 fully saturated rings. The smallest absolute Gasteiger partial charge is 0.251 e. The minimum absolute atomic E-state index is 0.145. The number of likely N-dealkylation sites (N-methyl/N-ethyl adjacent to an activating group) is 1. The number of nitrogens with zero attached hydrogens (tertiary/aromatic N) is 4. The van der Waals surface area contributed by atoms with Crippen molar-refractivity contribution in [2.45, 2.75) is 130 Å². The summed E-state index contributed by atoms with van der Waals surface area (Å²) in [6.45, 7) is 15.2. The third-order valence-corrected chi connectivity index (χ3v) is 14.3. The Labute approximate surface area is 452 Å². The molecule has 3 aromatic carbocycles. The van der Waals surface area contributed by atoms with Crippen LogP contribution in [0.15, 0.2) is 72.8 Å². The molecular weight excluding hydrogens is 991 g/mol. The van der Waals surface area contributed by atoms with Gasteiger partial charge in [-0.05, 0) is 130 Å². The van der Waals surface area contributed by atoms with Crippen molar-refractivity contribution in [3.8, 4) is 0 Å². The molecule has 7 N–H and O–H groups in total. The highest BCUT2D eigenvalue weighted by molar-refractivity contribution is 6.00. The highest BCUT2D eigenvalue weighted by Crippen LogP contribution is 2.28. The highest BCUT2D eigenvalue weighted by Gasteiger charge is 2.42. The molecule has 0 aliphatic carbocycles. The van der Waals surface area contributed by atoms with Gasteiger partial charge in [0, 0.05) is 62.5 Å². The van der Waals surface area contributed by atoms with Crippen molar-refractivity contribution in [2.24, 2.45) is 16.6 Å². The Morgan fingerprint density at radius 3 is 1.30 bits per heavy atom. The van der Waals surface area contributed by atoms with Crippen LogP contribution >= 0.6 is 0 Å². The van der Waals surface area contributed by atoms with Gasteiger partial charge in [-0.25, -0.2) is 8.78 Å². The van der Waals surface area contributed by atoms with Gasteiger partial charge in [-0.2, -0.15) is 0 Å². The maximum Gasteiger partial charge on any atom is 0.251 e. The number of hydrogen-bond donors (Lipinski definition) is 6. The lowest BCUT2D eigenvalue weighted by Crippen LogP contribution is -2.59. The summed E-state index contributed by atoms with van der Waals surface area (Å²) in [5.41, 5.74) is 6.44. The second-order valence-corrected chi connectivity index (χ2v) is 22.4. The molecule has 20 heteroatoms. The number of carbonyl (C=O) groups excluding carboxylic acids is 8. The van der Waals surface area contributed by atoms with Crippen molar-refractivity contribution < 1.29 is 47.1 Å². The van der Waals surface area contributed by atoms with E-state index < -0.39 is 82.7 Å². The Kier molecular flexibility index (Phi) is 21.8. The molecule has 2 heterocycles. The van der Waals surface area contributed by atoms with Crippen LogP contribution in [0, 0.1) is 22.5 Å². The number of nitrogens with one attached hydrogen (secondary N) is 5. The van der Waals surface area contributed by atoms with Gasteiger partial charge in [-0.15, -0.1) is 0 Å². The van der Waals surface area contributed by atoms with E-state index in [-0.39, 0.29) is 73.7 Å². The Balaban J connectivity index is 1.23. The van der Waals surface area contributed by atoms with Crippen LogP contribution in [0.5, 0.6) is 0 Å². The number of carbonyl (C=O) groups is 8. The number of nitrogens with two attached hydrogens (primary N) is 1. The minimum atomic E-state index is -0.874. The first-order valence-corrected chi connectivity index (χ1v) is 26.6. The molecule has 0 radical (unpaired) electrons. The first-order valence-electron chi connectivity index (χ1n) is 26.6. The molecule has 0 spiro atoms. The Hall–Kier alpha value is -6.80. The Morgan fingerprint density at radius 2 is 0.961 bits per heavy atom. The monoisotopic (exact) mass is 1070 g/mol. The fourth-order valence-corrected chi connectivity index (χ4v) is 9.42. The molecule has 18 nitrogen and oxygen atoms in total. The van der Waals surface area contributed by atoms with Gasteiger partial charge in [0.25, 0.3) is 11.8 Å². The average Bonchev–Trinajstić information content (AvgIpc) is 4.09. The van der Waals surface area contributed by atoms with E-state index in [1.807, 2.05) is 41.5 Å². The summed E-state index contributed by atoms with van der Waals surface area (Å²) in [6, 6.07) is 13.8. The van der Waals surface area contributed by atoms with Crippen molar-refractivity contribution in [3.05, 3.63) is 107 Å². The van der Waals surface area contributed by atoms with Gasteiger partial charge >= 0.3 is 0 Å². The maximum atomic E-state index is 14.2. The molecule has 2 aliphatic heterocycles. The largest absolute Gasteiger partial charge is 0.343 e. The fraction of sp³-hybridized carbons (Fsp3) is 0.544. The summed E-state index contributed by atoms with van der Waals surface area (Å²) in [5, 5.41) is 14.0. The molecule has 5 rings (SSSR count). The topological polar surface area (TPSA) is 236 Å². The van der Waals surface area contributed by atoms with Crippen LogP contribution < -0.4 is 32.3 Å². The van der Waals surface area contributed by atoms with E-state index in [2.05, 4.69) is 26.6 Å². The molecule has 2 aliphatic rings. The predicted molar refractivity (Wildman–Crippen MR) is 289 cm³/mol. The van der Waals surface area contributed by atoms with E-state index in [4.69, 9.17) is 5.73 Å². The Bertz CT molecular complexity index is 2530. The summed E-state index contributed by atoms with van der Waals surface area (Å²) in [5.74, 6) is -4.11. The summed E-state index contributed by atoms with van der Waals surface area (Å²) in [4.78, 5) is 116. The second-order valence-electron chi connectivity index (χ2n) is 22.4. The van der Waals surface area contributed by atoms with Crippen molar-refractivity contribution in [1.29, 1.82) is 0 Å². The van der Waals surface area contributed by atoms with Gasteiger partial charge in [-0.3, -0.25) is 38.4 Å². The number of halogens is 2. The molecule has 0 bridgehead atoms. The summed E-state index contributed by atoms with van der Waals surface area (Å²) in [6.07, 6.45) is 3.32. The lowest BCUT2D eigenvalue weighted by atomic mass is 9.85. The number of amides is 8. The lowest BCUT2D eigenvalue weighted by Gasteiger charge is -2.37. The van der Waals surface area contributed by atoms with E-state index >= 15 is 0 Å². The van der Waals surface area contributed by atoms with E-state index in [9.17, 15) is 47.1 Å². The normalized spacial score (nSPS) is 17.1. The van der Waals surface area contributed by atoms with Gasteiger partial charge < -0.3 is 51.9 Å². The summed E-state index contributed by atoms with van der Waals surface area (Å²) in [7, 11) is 1.66. The molecule has 3 aromatic rings. The summed E-state index contributed by atoms with van der Waals surface area (Å²) >= 11 is 0. The Morgan fingerprint density at radius 1 is 0.597 bits per heavy atom.